The smallest absolute Gasteiger partial charge is 0.367 e. The molecule has 1 N–H and O–H groups in total. The number of anilines is 1. The molecule has 92 valence electrons. The molecule has 0 saturated heterocycles. The molecule has 1 heterocycles. The minimum absolute atomic E-state index is 0.638. The number of nitrogens with zero attached hydrogens (tertiary/aromatic N) is 2. The molecule has 1 aromatic rings. The molecule has 1 rings (SSSR count). The Balaban J connectivity index is 2.55. The van der Waals surface area contributed by atoms with E-state index in [1.807, 2.05) is 6.92 Å². The van der Waals surface area contributed by atoms with Crippen LogP contribution in [0.2, 0.25) is 0 Å². The van der Waals surface area contributed by atoms with Crippen molar-refractivity contribution in [1.29, 1.82) is 0 Å². The van der Waals surface area contributed by atoms with Gasteiger partial charge in [0.05, 0.1) is 12.6 Å². The molecule has 0 bridgehead atoms. The van der Waals surface area contributed by atoms with Crippen molar-refractivity contribution in [3.05, 3.63) is 12.3 Å². The van der Waals surface area contributed by atoms with Gasteiger partial charge in [0.1, 0.15) is 5.82 Å². The third-order valence-electron chi connectivity index (χ3n) is 2.08. The minimum Gasteiger partial charge on any atom is -0.367 e. The van der Waals surface area contributed by atoms with E-state index in [2.05, 4.69) is 10.4 Å². The quantitative estimate of drug-likeness (QED) is 0.850. The Morgan fingerprint density at radius 1 is 1.50 bits per heavy atom. The van der Waals surface area contributed by atoms with Crippen molar-refractivity contribution in [3.8, 4) is 0 Å². The molecule has 0 saturated carbocycles. The lowest BCUT2D eigenvalue weighted by atomic mass is 10.2. The summed E-state index contributed by atoms with van der Waals surface area (Å²) < 4.78 is 38.0. The highest BCUT2D eigenvalue weighted by Gasteiger charge is 2.30. The summed E-state index contributed by atoms with van der Waals surface area (Å²) in [4.78, 5) is 0. The SMILES string of the molecule is CCCn1nccc1NC(C)CC(F)(F)F. The van der Waals surface area contributed by atoms with Crippen LogP contribution in [0, 0.1) is 0 Å². The second-order valence-corrected chi connectivity index (χ2v) is 3.80. The van der Waals surface area contributed by atoms with Crippen LogP contribution in [0.25, 0.3) is 0 Å². The van der Waals surface area contributed by atoms with Crippen LogP contribution in [-0.2, 0) is 6.54 Å². The number of alkyl halides is 3. The van der Waals surface area contributed by atoms with Gasteiger partial charge in [-0.25, -0.2) is 4.68 Å². The molecule has 1 unspecified atom stereocenters. The van der Waals surface area contributed by atoms with Crippen molar-refractivity contribution in [2.75, 3.05) is 5.32 Å². The number of aryl methyl sites for hydroxylation is 1. The summed E-state index contributed by atoms with van der Waals surface area (Å²) in [6.07, 6.45) is -2.51. The largest absolute Gasteiger partial charge is 0.391 e. The van der Waals surface area contributed by atoms with Gasteiger partial charge in [-0.2, -0.15) is 18.3 Å². The van der Waals surface area contributed by atoms with Crippen molar-refractivity contribution in [3.63, 3.8) is 0 Å². The summed E-state index contributed by atoms with van der Waals surface area (Å²) in [5.41, 5.74) is 0. The molecular formula is C10H16F3N3. The van der Waals surface area contributed by atoms with Crippen LogP contribution in [0.5, 0.6) is 0 Å². The Kier molecular flexibility index (Phi) is 4.20. The molecule has 0 aromatic carbocycles. The molecule has 3 nitrogen and oxygen atoms in total. The fourth-order valence-electron chi connectivity index (χ4n) is 1.50. The number of hydrogen-bond donors (Lipinski definition) is 1. The lowest BCUT2D eigenvalue weighted by Gasteiger charge is -2.17. The summed E-state index contributed by atoms with van der Waals surface area (Å²) in [6, 6.07) is 1.04. The van der Waals surface area contributed by atoms with Gasteiger partial charge in [0.2, 0.25) is 0 Å². The molecule has 1 aromatic heterocycles. The summed E-state index contributed by atoms with van der Waals surface area (Å²) in [7, 11) is 0. The number of rotatable bonds is 5. The van der Waals surface area contributed by atoms with Gasteiger partial charge in [-0.05, 0) is 13.3 Å². The van der Waals surface area contributed by atoms with Crippen molar-refractivity contribution < 1.29 is 13.2 Å². The van der Waals surface area contributed by atoms with Crippen LogP contribution < -0.4 is 5.32 Å². The van der Waals surface area contributed by atoms with Crippen molar-refractivity contribution in [2.45, 2.75) is 45.5 Å². The van der Waals surface area contributed by atoms with E-state index >= 15 is 0 Å². The average molecular weight is 235 g/mol. The van der Waals surface area contributed by atoms with Crippen LogP contribution in [0.3, 0.4) is 0 Å². The van der Waals surface area contributed by atoms with Crippen LogP contribution in [0.1, 0.15) is 26.7 Å². The van der Waals surface area contributed by atoms with Crippen molar-refractivity contribution >= 4 is 5.82 Å². The van der Waals surface area contributed by atoms with Gasteiger partial charge in [-0.15, -0.1) is 0 Å². The van der Waals surface area contributed by atoms with E-state index in [4.69, 9.17) is 0 Å². The molecule has 0 aliphatic rings. The third kappa shape index (κ3) is 4.12. The minimum atomic E-state index is -4.14. The molecule has 0 aliphatic carbocycles. The second-order valence-electron chi connectivity index (χ2n) is 3.80. The molecule has 0 fully saturated rings. The molecule has 0 spiro atoms. The lowest BCUT2D eigenvalue weighted by molar-refractivity contribution is -0.136. The Morgan fingerprint density at radius 3 is 2.75 bits per heavy atom. The molecule has 0 radical (unpaired) electrons. The number of nitrogens with one attached hydrogen (secondary N) is 1. The number of hydrogen-bond acceptors (Lipinski definition) is 2. The van der Waals surface area contributed by atoms with Gasteiger partial charge in [-0.3, -0.25) is 0 Å². The van der Waals surface area contributed by atoms with Crippen LogP contribution in [-0.4, -0.2) is 22.0 Å². The molecule has 0 amide bonds. The van der Waals surface area contributed by atoms with Gasteiger partial charge < -0.3 is 5.32 Å². The Morgan fingerprint density at radius 2 is 2.19 bits per heavy atom. The second kappa shape index (κ2) is 5.23. The number of halogens is 3. The highest BCUT2D eigenvalue weighted by atomic mass is 19.4. The van der Waals surface area contributed by atoms with Crippen LogP contribution in [0.4, 0.5) is 19.0 Å². The lowest BCUT2D eigenvalue weighted by Crippen LogP contribution is -2.25. The monoisotopic (exact) mass is 235 g/mol. The highest BCUT2D eigenvalue weighted by molar-refractivity contribution is 5.34. The van der Waals surface area contributed by atoms with Gasteiger partial charge in [0.15, 0.2) is 0 Å². The Bertz CT molecular complexity index is 319. The van der Waals surface area contributed by atoms with Gasteiger partial charge in [-0.1, -0.05) is 6.92 Å². The maximum Gasteiger partial charge on any atom is 0.391 e. The summed E-state index contributed by atoms with van der Waals surface area (Å²) in [5.74, 6) is 0.638. The maximum atomic E-state index is 12.1. The maximum absolute atomic E-state index is 12.1. The van der Waals surface area contributed by atoms with Gasteiger partial charge >= 0.3 is 6.18 Å². The van der Waals surface area contributed by atoms with Crippen LogP contribution in [0.15, 0.2) is 12.3 Å². The first-order chi connectivity index (χ1) is 7.42. The van der Waals surface area contributed by atoms with Crippen molar-refractivity contribution in [1.82, 2.24) is 9.78 Å². The molecule has 16 heavy (non-hydrogen) atoms. The van der Waals surface area contributed by atoms with E-state index in [1.54, 1.807) is 16.9 Å². The van der Waals surface area contributed by atoms with Crippen molar-refractivity contribution in [2.24, 2.45) is 0 Å². The van der Waals surface area contributed by atoms with E-state index in [1.165, 1.54) is 6.92 Å². The fraction of sp³-hybridized carbons (Fsp3) is 0.700. The Labute approximate surface area is 92.6 Å². The predicted octanol–water partition coefficient (Wildman–Crippen LogP) is 3.05. The van der Waals surface area contributed by atoms with E-state index in [9.17, 15) is 13.2 Å². The van der Waals surface area contributed by atoms with Gasteiger partial charge in [0, 0.05) is 18.7 Å². The summed E-state index contributed by atoms with van der Waals surface area (Å²) in [5, 5.41) is 6.84. The molecule has 0 aliphatic heterocycles. The number of aromatic nitrogens is 2. The molecule has 1 atom stereocenters. The first-order valence-electron chi connectivity index (χ1n) is 5.27. The van der Waals surface area contributed by atoms with E-state index in [0.29, 0.717) is 12.4 Å². The third-order valence-corrected chi connectivity index (χ3v) is 2.08. The highest BCUT2D eigenvalue weighted by Crippen LogP contribution is 2.23. The first kappa shape index (κ1) is 12.9. The van der Waals surface area contributed by atoms with Crippen LogP contribution >= 0.6 is 0 Å². The van der Waals surface area contributed by atoms with Gasteiger partial charge in [0.25, 0.3) is 0 Å². The molecular weight excluding hydrogens is 219 g/mol. The topological polar surface area (TPSA) is 29.9 Å². The zero-order chi connectivity index (χ0) is 12.2. The standard InChI is InChI=1S/C10H16F3N3/c1-3-6-16-9(4-5-14-16)15-8(2)7-10(11,12)13/h4-5,8,15H,3,6-7H2,1-2H3. The zero-order valence-electron chi connectivity index (χ0n) is 9.38. The van der Waals surface area contributed by atoms with E-state index < -0.39 is 18.6 Å². The predicted molar refractivity (Wildman–Crippen MR) is 56.3 cm³/mol. The summed E-state index contributed by atoms with van der Waals surface area (Å²) in [6.45, 7) is 4.20. The zero-order valence-corrected chi connectivity index (χ0v) is 9.38. The average Bonchev–Trinajstić information content (AvgIpc) is 2.50. The Hall–Kier alpha value is -1.20. The van der Waals surface area contributed by atoms with E-state index in [-0.39, 0.29) is 0 Å². The fourth-order valence-corrected chi connectivity index (χ4v) is 1.50. The molecule has 6 heteroatoms. The normalized spacial score (nSPS) is 13.8. The van der Waals surface area contributed by atoms with E-state index in [0.717, 1.165) is 6.42 Å². The first-order valence-corrected chi connectivity index (χ1v) is 5.27. The summed E-state index contributed by atoms with van der Waals surface area (Å²) >= 11 is 0.